The second kappa shape index (κ2) is 3.84. The number of aromatic nitrogens is 8. The van der Waals surface area contributed by atoms with Crippen molar-refractivity contribution in [3.05, 3.63) is 11.6 Å². The van der Waals surface area contributed by atoms with E-state index in [1.165, 1.54) is 0 Å². The van der Waals surface area contributed by atoms with Gasteiger partial charge in [-0.05, 0) is 20.9 Å². The lowest BCUT2D eigenvalue weighted by atomic mass is 10.3. The summed E-state index contributed by atoms with van der Waals surface area (Å²) < 4.78 is 2.14. The third-order valence-electron chi connectivity index (χ3n) is 1.56. The largest absolute Gasteiger partial charge is 0.170 e. The Balaban J connectivity index is 2.02. The van der Waals surface area contributed by atoms with Crippen molar-refractivity contribution in [2.45, 2.75) is 12.8 Å². The first-order valence-corrected chi connectivity index (χ1v) is 4.32. The molecular weight excluding hydrogens is 231 g/mol. The monoisotopic (exact) mass is 234 g/mol. The number of tetrazole rings is 2. The van der Waals surface area contributed by atoms with Crippen molar-refractivity contribution in [1.29, 1.82) is 0 Å². The minimum atomic E-state index is 0.517. The van der Waals surface area contributed by atoms with E-state index in [9.17, 15) is 0 Å². The fourth-order valence-electron chi connectivity index (χ4n) is 0.899. The van der Waals surface area contributed by atoms with Gasteiger partial charge in [0.1, 0.15) is 0 Å². The Hall–Kier alpha value is -1.28. The predicted molar refractivity (Wildman–Crippen MR) is 45.5 cm³/mol. The maximum absolute atomic E-state index is 5.61. The van der Waals surface area contributed by atoms with Gasteiger partial charge in [0.2, 0.25) is 0 Å². The van der Waals surface area contributed by atoms with Crippen LogP contribution in [0, 0.1) is 0 Å². The van der Waals surface area contributed by atoms with Crippen molar-refractivity contribution in [2.24, 2.45) is 0 Å². The van der Waals surface area contributed by atoms with E-state index in [0.717, 1.165) is 8.40 Å². The van der Waals surface area contributed by atoms with Gasteiger partial charge in [0.15, 0.2) is 11.6 Å². The molecule has 0 unspecified atom stereocenters. The lowest BCUT2D eigenvalue weighted by Gasteiger charge is -1.94. The second-order valence-corrected chi connectivity index (χ2v) is 3.05. The van der Waals surface area contributed by atoms with Crippen molar-refractivity contribution in [1.82, 2.24) is 39.5 Å². The van der Waals surface area contributed by atoms with E-state index in [4.69, 9.17) is 23.6 Å². The summed E-state index contributed by atoms with van der Waals surface area (Å²) in [4.78, 5) is 0. The Morgan fingerprint density at radius 1 is 0.857 bits per heavy atom. The molecule has 2 aromatic rings. The fraction of sp³-hybridized carbons (Fsp3) is 0.500. The summed E-state index contributed by atoms with van der Waals surface area (Å²) in [5.41, 5.74) is 0. The topological polar surface area (TPSA) is 87.2 Å². The van der Waals surface area contributed by atoms with Gasteiger partial charge in [-0.2, -0.15) is 0 Å². The molecule has 0 radical (unpaired) electrons. The van der Waals surface area contributed by atoms with Crippen LogP contribution in [0.3, 0.4) is 0 Å². The normalized spacial score (nSPS) is 10.7. The summed E-state index contributed by atoms with van der Waals surface area (Å²) in [6.45, 7) is 0. The van der Waals surface area contributed by atoms with Gasteiger partial charge in [-0.3, -0.25) is 0 Å². The van der Waals surface area contributed by atoms with E-state index in [1.54, 1.807) is 0 Å². The summed E-state index contributed by atoms with van der Waals surface area (Å²) in [5.74, 6) is 1.07. The molecule has 0 N–H and O–H groups in total. The van der Waals surface area contributed by atoms with E-state index in [-0.39, 0.29) is 0 Å². The highest BCUT2D eigenvalue weighted by molar-refractivity contribution is 6.15. The summed E-state index contributed by atoms with van der Waals surface area (Å²) in [6, 6.07) is 0. The first-order valence-electron chi connectivity index (χ1n) is 3.64. The fourth-order valence-corrected chi connectivity index (χ4v) is 1.20. The van der Waals surface area contributed by atoms with Crippen LogP contribution < -0.4 is 0 Å². The standard InChI is InChI=1S/C4H4Cl2N8/c5-13-3(7-9-11-13)1-2-4-8-10-12-14(4)6/h1-2H2. The molecule has 0 aliphatic carbocycles. The lowest BCUT2D eigenvalue weighted by molar-refractivity contribution is 0.773. The maximum Gasteiger partial charge on any atom is 0.170 e. The van der Waals surface area contributed by atoms with Crippen molar-refractivity contribution in [2.75, 3.05) is 0 Å². The van der Waals surface area contributed by atoms with Gasteiger partial charge in [0.25, 0.3) is 0 Å². The van der Waals surface area contributed by atoms with Gasteiger partial charge in [0, 0.05) is 36.4 Å². The quantitative estimate of drug-likeness (QED) is 0.709. The van der Waals surface area contributed by atoms with Crippen LogP contribution in [0.2, 0.25) is 0 Å². The number of aryl methyl sites for hydroxylation is 2. The Morgan fingerprint density at radius 3 is 1.57 bits per heavy atom. The summed E-state index contributed by atoms with van der Waals surface area (Å²) in [7, 11) is 0. The molecular formula is C4H4Cl2N8. The van der Waals surface area contributed by atoms with Crippen molar-refractivity contribution in [3.63, 3.8) is 0 Å². The number of rotatable bonds is 3. The van der Waals surface area contributed by atoms with Gasteiger partial charge in [-0.1, -0.05) is 0 Å². The third-order valence-corrected chi connectivity index (χ3v) is 2.08. The molecule has 74 valence electrons. The first-order chi connectivity index (χ1) is 6.77. The van der Waals surface area contributed by atoms with Gasteiger partial charge in [-0.25, -0.2) is 0 Å². The molecule has 2 rings (SSSR count). The van der Waals surface area contributed by atoms with Gasteiger partial charge in [-0.15, -0.1) is 18.6 Å². The molecule has 0 bridgehead atoms. The highest BCUT2D eigenvalue weighted by atomic mass is 35.5. The Labute approximate surface area is 88.0 Å². The number of halogens is 2. The maximum atomic E-state index is 5.61. The SMILES string of the molecule is Cln1nnnc1CCc1nnnn1Cl. The Morgan fingerprint density at radius 2 is 1.29 bits per heavy atom. The third kappa shape index (κ3) is 1.80. The number of hydrogen-bond acceptors (Lipinski definition) is 6. The average Bonchev–Trinajstić information content (AvgIpc) is 2.72. The molecule has 14 heavy (non-hydrogen) atoms. The van der Waals surface area contributed by atoms with E-state index in [0.29, 0.717) is 24.5 Å². The Kier molecular flexibility index (Phi) is 2.55. The van der Waals surface area contributed by atoms with Crippen molar-refractivity contribution < 1.29 is 0 Å². The average molecular weight is 235 g/mol. The number of nitrogens with zero attached hydrogens (tertiary/aromatic N) is 8. The van der Waals surface area contributed by atoms with E-state index in [1.807, 2.05) is 0 Å². The van der Waals surface area contributed by atoms with Crippen LogP contribution in [0.1, 0.15) is 11.6 Å². The molecule has 0 fully saturated rings. The molecule has 0 atom stereocenters. The van der Waals surface area contributed by atoms with Crippen molar-refractivity contribution >= 4 is 23.6 Å². The smallest absolute Gasteiger partial charge is 0.136 e. The Bertz CT molecular complexity index is 380. The molecule has 0 aliphatic rings. The molecule has 0 saturated heterocycles. The lowest BCUT2D eigenvalue weighted by Crippen LogP contribution is -2.01. The van der Waals surface area contributed by atoms with Crippen LogP contribution in [0.5, 0.6) is 0 Å². The van der Waals surface area contributed by atoms with Crippen LogP contribution in [-0.2, 0) is 12.8 Å². The second-order valence-electron chi connectivity index (χ2n) is 2.41. The van der Waals surface area contributed by atoms with Crippen LogP contribution in [0.15, 0.2) is 0 Å². The molecule has 10 heteroatoms. The summed E-state index contributed by atoms with van der Waals surface area (Å²) in [5, 5.41) is 21.1. The molecule has 0 aromatic carbocycles. The number of hydrogen-bond donors (Lipinski definition) is 0. The summed E-state index contributed by atoms with van der Waals surface area (Å²) >= 11 is 11.2. The molecule has 8 nitrogen and oxygen atoms in total. The van der Waals surface area contributed by atoms with E-state index in [2.05, 4.69) is 31.1 Å². The molecule has 0 spiro atoms. The minimum Gasteiger partial charge on any atom is -0.136 e. The van der Waals surface area contributed by atoms with E-state index >= 15 is 0 Å². The van der Waals surface area contributed by atoms with Crippen LogP contribution in [-0.4, -0.2) is 39.5 Å². The molecule has 0 amide bonds. The minimum absolute atomic E-state index is 0.517. The molecule has 2 aromatic heterocycles. The highest BCUT2D eigenvalue weighted by Gasteiger charge is 2.08. The van der Waals surface area contributed by atoms with Gasteiger partial charge < -0.3 is 0 Å². The van der Waals surface area contributed by atoms with Crippen LogP contribution in [0.25, 0.3) is 0 Å². The molecule has 0 aliphatic heterocycles. The summed E-state index contributed by atoms with van der Waals surface area (Å²) in [6.07, 6.45) is 1.03. The first kappa shape index (κ1) is 9.28. The zero-order valence-electron chi connectivity index (χ0n) is 6.75. The zero-order valence-corrected chi connectivity index (χ0v) is 8.26. The van der Waals surface area contributed by atoms with Crippen molar-refractivity contribution in [3.8, 4) is 0 Å². The zero-order chi connectivity index (χ0) is 9.97. The van der Waals surface area contributed by atoms with Gasteiger partial charge >= 0.3 is 0 Å². The molecule has 2 heterocycles. The van der Waals surface area contributed by atoms with Crippen LogP contribution >= 0.6 is 23.6 Å². The molecule has 0 saturated carbocycles. The predicted octanol–water partition coefficient (Wildman–Crippen LogP) is -0.551. The highest BCUT2D eigenvalue weighted by Crippen LogP contribution is 2.02. The van der Waals surface area contributed by atoms with Crippen LogP contribution in [0.4, 0.5) is 0 Å². The van der Waals surface area contributed by atoms with E-state index < -0.39 is 0 Å². The van der Waals surface area contributed by atoms with Gasteiger partial charge in [0.05, 0.1) is 0 Å².